The highest BCUT2D eigenvalue weighted by atomic mass is 16.5. The van der Waals surface area contributed by atoms with Crippen LogP contribution in [0.15, 0.2) is 41.1 Å². The molecule has 0 spiro atoms. The highest BCUT2D eigenvalue weighted by Gasteiger charge is 2.07. The van der Waals surface area contributed by atoms with Gasteiger partial charge in [0.1, 0.15) is 12.3 Å². The minimum atomic E-state index is -0.485. The van der Waals surface area contributed by atoms with E-state index in [1.54, 1.807) is 24.3 Å². The summed E-state index contributed by atoms with van der Waals surface area (Å²) in [6.07, 6.45) is 1.35. The summed E-state index contributed by atoms with van der Waals surface area (Å²) in [5, 5.41) is 17.4. The van der Waals surface area contributed by atoms with Gasteiger partial charge in [0.25, 0.3) is 0 Å². The first-order chi connectivity index (χ1) is 8.29. The summed E-state index contributed by atoms with van der Waals surface area (Å²) in [4.78, 5) is 11.5. The van der Waals surface area contributed by atoms with Gasteiger partial charge in [-0.05, 0) is 12.1 Å². The van der Waals surface area contributed by atoms with Crippen molar-refractivity contribution in [1.29, 1.82) is 5.26 Å². The van der Waals surface area contributed by atoms with Crippen molar-refractivity contribution >= 4 is 17.5 Å². The van der Waals surface area contributed by atoms with E-state index in [0.29, 0.717) is 17.1 Å². The Kier molecular flexibility index (Phi) is 3.03. The molecule has 0 aliphatic carbocycles. The SMILES string of the molecule is N#Cc1ccccc1NC(=O)Nc1ccon1. The summed E-state index contributed by atoms with van der Waals surface area (Å²) in [7, 11) is 0. The average molecular weight is 228 g/mol. The van der Waals surface area contributed by atoms with Crippen LogP contribution in [-0.4, -0.2) is 11.2 Å². The number of nitriles is 1. The molecule has 0 saturated heterocycles. The lowest BCUT2D eigenvalue weighted by atomic mass is 10.2. The fourth-order valence-electron chi connectivity index (χ4n) is 1.24. The lowest BCUT2D eigenvalue weighted by Gasteiger charge is -2.06. The molecule has 0 radical (unpaired) electrons. The second-order valence-electron chi connectivity index (χ2n) is 3.12. The zero-order chi connectivity index (χ0) is 12.1. The Morgan fingerprint density at radius 3 is 2.82 bits per heavy atom. The van der Waals surface area contributed by atoms with E-state index >= 15 is 0 Å². The van der Waals surface area contributed by atoms with E-state index in [-0.39, 0.29) is 0 Å². The van der Waals surface area contributed by atoms with E-state index in [2.05, 4.69) is 20.3 Å². The molecule has 0 fully saturated rings. The minimum absolute atomic E-state index is 0.303. The van der Waals surface area contributed by atoms with Gasteiger partial charge in [0.2, 0.25) is 0 Å². The number of hydrogen-bond acceptors (Lipinski definition) is 4. The van der Waals surface area contributed by atoms with Gasteiger partial charge in [-0.3, -0.25) is 5.32 Å². The van der Waals surface area contributed by atoms with Crippen LogP contribution in [0.2, 0.25) is 0 Å². The second kappa shape index (κ2) is 4.81. The molecule has 1 heterocycles. The Balaban J connectivity index is 2.06. The van der Waals surface area contributed by atoms with Crippen LogP contribution in [0.1, 0.15) is 5.56 Å². The van der Waals surface area contributed by atoms with Gasteiger partial charge in [0.15, 0.2) is 5.82 Å². The van der Waals surface area contributed by atoms with Crippen LogP contribution in [-0.2, 0) is 0 Å². The van der Waals surface area contributed by atoms with E-state index in [1.165, 1.54) is 12.3 Å². The summed E-state index contributed by atoms with van der Waals surface area (Å²) in [5.74, 6) is 0.303. The maximum Gasteiger partial charge on any atom is 0.324 e. The zero-order valence-corrected chi connectivity index (χ0v) is 8.68. The number of nitrogens with one attached hydrogen (secondary N) is 2. The molecule has 2 rings (SSSR count). The van der Waals surface area contributed by atoms with Crippen molar-refractivity contribution < 1.29 is 9.32 Å². The van der Waals surface area contributed by atoms with Gasteiger partial charge in [0, 0.05) is 6.07 Å². The molecule has 2 aromatic rings. The molecule has 0 unspecified atom stereocenters. The summed E-state index contributed by atoms with van der Waals surface area (Å²) in [6.45, 7) is 0. The van der Waals surface area contributed by atoms with E-state index < -0.39 is 6.03 Å². The van der Waals surface area contributed by atoms with Crippen LogP contribution in [0, 0.1) is 11.3 Å². The van der Waals surface area contributed by atoms with Gasteiger partial charge in [0.05, 0.1) is 11.3 Å². The molecule has 1 aromatic heterocycles. The molecule has 2 N–H and O–H groups in total. The van der Waals surface area contributed by atoms with Gasteiger partial charge in [-0.15, -0.1) is 0 Å². The molecule has 84 valence electrons. The number of nitrogens with zero attached hydrogens (tertiary/aromatic N) is 2. The first kappa shape index (κ1) is 10.7. The molecule has 0 aliphatic heterocycles. The third-order valence-corrected chi connectivity index (χ3v) is 1.98. The van der Waals surface area contributed by atoms with Crippen molar-refractivity contribution in [3.8, 4) is 6.07 Å². The number of carbonyl (C=O) groups is 1. The standard InChI is InChI=1S/C11H8N4O2/c12-7-8-3-1-2-4-9(8)13-11(16)14-10-5-6-17-15-10/h1-6H,(H2,13,14,15,16). The molecular formula is C11H8N4O2. The molecule has 0 bridgehead atoms. The monoisotopic (exact) mass is 228 g/mol. The van der Waals surface area contributed by atoms with Crippen LogP contribution in [0.25, 0.3) is 0 Å². The highest BCUT2D eigenvalue weighted by molar-refractivity contribution is 5.99. The maximum absolute atomic E-state index is 11.5. The number of carbonyl (C=O) groups excluding carboxylic acids is 1. The Morgan fingerprint density at radius 1 is 1.29 bits per heavy atom. The smallest absolute Gasteiger partial charge is 0.324 e. The van der Waals surface area contributed by atoms with Crippen LogP contribution in [0.5, 0.6) is 0 Å². The van der Waals surface area contributed by atoms with Crippen LogP contribution in [0.3, 0.4) is 0 Å². The molecule has 0 atom stereocenters. The number of benzene rings is 1. The van der Waals surface area contributed by atoms with E-state index in [4.69, 9.17) is 5.26 Å². The van der Waals surface area contributed by atoms with Crippen LogP contribution in [0.4, 0.5) is 16.3 Å². The molecule has 0 aliphatic rings. The van der Waals surface area contributed by atoms with Gasteiger partial charge in [-0.25, -0.2) is 4.79 Å². The minimum Gasteiger partial charge on any atom is -0.363 e. The Hall–Kier alpha value is -2.81. The normalized spacial score (nSPS) is 9.35. The maximum atomic E-state index is 11.5. The quantitative estimate of drug-likeness (QED) is 0.824. The zero-order valence-electron chi connectivity index (χ0n) is 8.68. The first-order valence-electron chi connectivity index (χ1n) is 4.77. The molecule has 1 aromatic carbocycles. The predicted molar refractivity (Wildman–Crippen MR) is 60.3 cm³/mol. The number of aromatic nitrogens is 1. The van der Waals surface area contributed by atoms with E-state index in [0.717, 1.165) is 0 Å². The second-order valence-corrected chi connectivity index (χ2v) is 3.12. The van der Waals surface area contributed by atoms with Crippen molar-refractivity contribution in [2.75, 3.05) is 10.6 Å². The largest absolute Gasteiger partial charge is 0.363 e. The molecular weight excluding hydrogens is 220 g/mol. The van der Waals surface area contributed by atoms with Crippen molar-refractivity contribution in [2.45, 2.75) is 0 Å². The van der Waals surface area contributed by atoms with Crippen molar-refractivity contribution in [2.24, 2.45) is 0 Å². The summed E-state index contributed by atoms with van der Waals surface area (Å²) in [6, 6.07) is 9.72. The Morgan fingerprint density at radius 2 is 2.12 bits per heavy atom. The van der Waals surface area contributed by atoms with Gasteiger partial charge >= 0.3 is 6.03 Å². The summed E-state index contributed by atoms with van der Waals surface area (Å²) < 4.78 is 4.57. The first-order valence-corrected chi connectivity index (χ1v) is 4.77. The van der Waals surface area contributed by atoms with Gasteiger partial charge in [-0.2, -0.15) is 5.26 Å². The molecule has 6 nitrogen and oxygen atoms in total. The van der Waals surface area contributed by atoms with Crippen molar-refractivity contribution in [3.05, 3.63) is 42.2 Å². The summed E-state index contributed by atoms with van der Waals surface area (Å²) >= 11 is 0. The number of hydrogen-bond donors (Lipinski definition) is 2. The number of urea groups is 1. The lowest BCUT2D eigenvalue weighted by Crippen LogP contribution is -2.20. The average Bonchev–Trinajstić information content (AvgIpc) is 2.82. The fraction of sp³-hybridized carbons (Fsp3) is 0. The van der Waals surface area contributed by atoms with Crippen LogP contribution < -0.4 is 10.6 Å². The van der Waals surface area contributed by atoms with Gasteiger partial charge in [-0.1, -0.05) is 17.3 Å². The third-order valence-electron chi connectivity index (χ3n) is 1.98. The Bertz CT molecular complexity index is 557. The predicted octanol–water partition coefficient (Wildman–Crippen LogP) is 2.19. The van der Waals surface area contributed by atoms with Crippen molar-refractivity contribution in [1.82, 2.24) is 5.16 Å². The number of para-hydroxylation sites is 1. The fourth-order valence-corrected chi connectivity index (χ4v) is 1.24. The molecule has 6 heteroatoms. The van der Waals surface area contributed by atoms with Crippen molar-refractivity contribution in [3.63, 3.8) is 0 Å². The highest BCUT2D eigenvalue weighted by Crippen LogP contribution is 2.13. The van der Waals surface area contributed by atoms with E-state index in [9.17, 15) is 4.79 Å². The molecule has 2 amide bonds. The topological polar surface area (TPSA) is 91.0 Å². The number of anilines is 2. The lowest BCUT2D eigenvalue weighted by molar-refractivity contribution is 0.262. The summed E-state index contributed by atoms with van der Waals surface area (Å²) in [5.41, 5.74) is 0.832. The number of rotatable bonds is 2. The number of amides is 2. The van der Waals surface area contributed by atoms with Gasteiger partial charge < -0.3 is 9.84 Å². The van der Waals surface area contributed by atoms with E-state index in [1.807, 2.05) is 6.07 Å². The molecule has 17 heavy (non-hydrogen) atoms. The van der Waals surface area contributed by atoms with Crippen LogP contribution >= 0.6 is 0 Å². The Labute approximate surface area is 96.8 Å². The molecule has 0 saturated carbocycles. The third kappa shape index (κ3) is 2.60.